The summed E-state index contributed by atoms with van der Waals surface area (Å²) in [6.45, 7) is 5.62. The van der Waals surface area contributed by atoms with Gasteiger partial charge in [0, 0.05) is 13.2 Å². The molecule has 2 rings (SSSR count). The Morgan fingerprint density at radius 1 is 1.50 bits per heavy atom. The van der Waals surface area contributed by atoms with Gasteiger partial charge in [-0.25, -0.2) is 0 Å². The highest BCUT2D eigenvalue weighted by Gasteiger charge is 2.38. The molecule has 1 unspecified atom stereocenters. The first-order chi connectivity index (χ1) is 7.67. The van der Waals surface area contributed by atoms with E-state index in [2.05, 4.69) is 30.3 Å². The molecule has 0 radical (unpaired) electrons. The summed E-state index contributed by atoms with van der Waals surface area (Å²) in [5.41, 5.74) is 1.73. The van der Waals surface area contributed by atoms with Crippen LogP contribution in [-0.2, 0) is 7.05 Å². The minimum absolute atomic E-state index is 0.407. The first-order valence-electron chi connectivity index (χ1n) is 6.38. The number of nitrogens with zero attached hydrogens (tertiary/aromatic N) is 2. The number of nitrogens with one attached hydrogen (secondary N) is 1. The van der Waals surface area contributed by atoms with E-state index < -0.39 is 0 Å². The van der Waals surface area contributed by atoms with Crippen LogP contribution >= 0.6 is 0 Å². The van der Waals surface area contributed by atoms with Gasteiger partial charge in [0.05, 0.1) is 11.7 Å². The van der Waals surface area contributed by atoms with E-state index in [4.69, 9.17) is 0 Å². The summed E-state index contributed by atoms with van der Waals surface area (Å²) in [5.74, 6) is 0. The third-order valence-electron chi connectivity index (χ3n) is 4.01. The molecule has 0 bridgehead atoms. The minimum Gasteiger partial charge on any atom is -0.308 e. The maximum absolute atomic E-state index is 4.30. The van der Waals surface area contributed by atoms with Crippen molar-refractivity contribution in [2.75, 3.05) is 6.54 Å². The number of hydrogen-bond acceptors (Lipinski definition) is 2. The summed E-state index contributed by atoms with van der Waals surface area (Å²) >= 11 is 0. The van der Waals surface area contributed by atoms with Gasteiger partial charge in [0.2, 0.25) is 0 Å². The smallest absolute Gasteiger partial charge is 0.0555 e. The summed E-state index contributed by atoms with van der Waals surface area (Å²) in [6, 6.07) is 2.60. The van der Waals surface area contributed by atoms with Crippen LogP contribution in [0.5, 0.6) is 0 Å². The number of hydrogen-bond donors (Lipinski definition) is 1. The van der Waals surface area contributed by atoms with Crippen molar-refractivity contribution in [2.45, 2.75) is 45.6 Å². The molecule has 1 heterocycles. The SMILES string of the molecule is CCNC(c1ccnn1C)C1(C)CCCC1. The largest absolute Gasteiger partial charge is 0.308 e. The molecular weight excluding hydrogens is 198 g/mol. The summed E-state index contributed by atoms with van der Waals surface area (Å²) in [4.78, 5) is 0. The molecule has 1 saturated carbocycles. The molecule has 1 aromatic heterocycles. The molecule has 0 aromatic carbocycles. The maximum Gasteiger partial charge on any atom is 0.0555 e. The second-order valence-electron chi connectivity index (χ2n) is 5.23. The van der Waals surface area contributed by atoms with Gasteiger partial charge < -0.3 is 5.32 Å². The van der Waals surface area contributed by atoms with Crippen molar-refractivity contribution in [3.05, 3.63) is 18.0 Å². The van der Waals surface area contributed by atoms with E-state index in [1.807, 2.05) is 17.9 Å². The Hall–Kier alpha value is -0.830. The Morgan fingerprint density at radius 2 is 2.19 bits per heavy atom. The van der Waals surface area contributed by atoms with Crippen molar-refractivity contribution in [2.24, 2.45) is 12.5 Å². The molecular formula is C13H23N3. The normalized spacial score (nSPS) is 21.2. The third kappa shape index (κ3) is 2.01. The molecule has 3 heteroatoms. The van der Waals surface area contributed by atoms with Crippen molar-refractivity contribution < 1.29 is 0 Å². The fourth-order valence-corrected chi connectivity index (χ4v) is 3.05. The molecule has 1 atom stereocenters. The van der Waals surface area contributed by atoms with Crippen molar-refractivity contribution in [3.8, 4) is 0 Å². The second kappa shape index (κ2) is 4.58. The van der Waals surface area contributed by atoms with Crippen LogP contribution in [0.25, 0.3) is 0 Å². The quantitative estimate of drug-likeness (QED) is 0.847. The van der Waals surface area contributed by atoms with E-state index in [9.17, 15) is 0 Å². The highest BCUT2D eigenvalue weighted by molar-refractivity contribution is 5.12. The molecule has 0 saturated heterocycles. The zero-order chi connectivity index (χ0) is 11.6. The number of rotatable bonds is 4. The molecule has 0 spiro atoms. The zero-order valence-electron chi connectivity index (χ0n) is 10.7. The Balaban J connectivity index is 2.26. The van der Waals surface area contributed by atoms with E-state index in [0.717, 1.165) is 6.54 Å². The first kappa shape index (κ1) is 11.6. The Labute approximate surface area is 98.2 Å². The maximum atomic E-state index is 4.30. The lowest BCUT2D eigenvalue weighted by atomic mass is 9.79. The molecule has 3 nitrogen and oxygen atoms in total. The highest BCUT2D eigenvalue weighted by Crippen LogP contribution is 2.46. The van der Waals surface area contributed by atoms with Crippen LogP contribution in [-0.4, -0.2) is 16.3 Å². The van der Waals surface area contributed by atoms with Gasteiger partial charge in [-0.15, -0.1) is 0 Å². The van der Waals surface area contributed by atoms with Crippen LogP contribution in [0.3, 0.4) is 0 Å². The fraction of sp³-hybridized carbons (Fsp3) is 0.769. The molecule has 1 aromatic rings. The van der Waals surface area contributed by atoms with Gasteiger partial charge in [-0.05, 0) is 30.9 Å². The van der Waals surface area contributed by atoms with Gasteiger partial charge in [0.1, 0.15) is 0 Å². The number of aromatic nitrogens is 2. The fourth-order valence-electron chi connectivity index (χ4n) is 3.05. The van der Waals surface area contributed by atoms with Crippen LogP contribution in [0, 0.1) is 5.41 Å². The molecule has 0 aliphatic heterocycles. The van der Waals surface area contributed by atoms with Gasteiger partial charge in [0.15, 0.2) is 0 Å². The average Bonchev–Trinajstić information content (AvgIpc) is 2.85. The van der Waals surface area contributed by atoms with Gasteiger partial charge in [-0.2, -0.15) is 5.10 Å². The Bertz CT molecular complexity index is 337. The van der Waals surface area contributed by atoms with Crippen LogP contribution in [0.15, 0.2) is 12.3 Å². The van der Waals surface area contributed by atoms with Crippen LogP contribution in [0.4, 0.5) is 0 Å². The second-order valence-corrected chi connectivity index (χ2v) is 5.23. The van der Waals surface area contributed by atoms with Crippen LogP contribution in [0.1, 0.15) is 51.3 Å². The highest BCUT2D eigenvalue weighted by atomic mass is 15.3. The third-order valence-corrected chi connectivity index (χ3v) is 4.01. The van der Waals surface area contributed by atoms with Crippen molar-refractivity contribution in [3.63, 3.8) is 0 Å². The topological polar surface area (TPSA) is 29.9 Å². The summed E-state index contributed by atoms with van der Waals surface area (Å²) < 4.78 is 2.01. The van der Waals surface area contributed by atoms with Crippen LogP contribution < -0.4 is 5.32 Å². The summed E-state index contributed by atoms with van der Waals surface area (Å²) in [5, 5.41) is 7.95. The molecule has 1 N–H and O–H groups in total. The first-order valence-corrected chi connectivity index (χ1v) is 6.38. The van der Waals surface area contributed by atoms with Crippen LogP contribution in [0.2, 0.25) is 0 Å². The van der Waals surface area contributed by atoms with Crippen molar-refractivity contribution in [1.82, 2.24) is 15.1 Å². The molecule has 0 amide bonds. The van der Waals surface area contributed by atoms with Gasteiger partial charge in [0.25, 0.3) is 0 Å². The monoisotopic (exact) mass is 221 g/mol. The van der Waals surface area contributed by atoms with E-state index in [-0.39, 0.29) is 0 Å². The van der Waals surface area contributed by atoms with Crippen molar-refractivity contribution >= 4 is 0 Å². The lowest BCUT2D eigenvalue weighted by molar-refractivity contribution is 0.217. The summed E-state index contributed by atoms with van der Waals surface area (Å²) in [6.07, 6.45) is 7.30. The standard InChI is InChI=1S/C13H23N3/c1-4-14-12(11-7-10-15-16(11)3)13(2)8-5-6-9-13/h7,10,12,14H,4-6,8-9H2,1-3H3. The van der Waals surface area contributed by atoms with E-state index in [0.29, 0.717) is 11.5 Å². The minimum atomic E-state index is 0.407. The predicted molar refractivity (Wildman–Crippen MR) is 66.2 cm³/mol. The molecule has 1 aliphatic rings. The molecule has 90 valence electrons. The Morgan fingerprint density at radius 3 is 2.69 bits per heavy atom. The van der Waals surface area contributed by atoms with E-state index >= 15 is 0 Å². The average molecular weight is 221 g/mol. The Kier molecular flexibility index (Phi) is 3.33. The summed E-state index contributed by atoms with van der Waals surface area (Å²) in [7, 11) is 2.04. The van der Waals surface area contributed by atoms with E-state index in [1.165, 1.54) is 31.4 Å². The predicted octanol–water partition coefficient (Wildman–Crippen LogP) is 2.65. The molecule has 1 fully saturated rings. The van der Waals surface area contributed by atoms with Gasteiger partial charge in [-0.1, -0.05) is 26.7 Å². The molecule has 1 aliphatic carbocycles. The number of aryl methyl sites for hydroxylation is 1. The lowest BCUT2D eigenvalue weighted by Gasteiger charge is -2.34. The van der Waals surface area contributed by atoms with Gasteiger partial charge >= 0.3 is 0 Å². The lowest BCUT2D eigenvalue weighted by Crippen LogP contribution is -2.35. The van der Waals surface area contributed by atoms with Crippen molar-refractivity contribution in [1.29, 1.82) is 0 Å². The van der Waals surface area contributed by atoms with E-state index in [1.54, 1.807) is 0 Å². The molecule has 16 heavy (non-hydrogen) atoms. The zero-order valence-corrected chi connectivity index (χ0v) is 10.7. The van der Waals surface area contributed by atoms with Gasteiger partial charge in [-0.3, -0.25) is 4.68 Å².